The Morgan fingerprint density at radius 1 is 1.14 bits per heavy atom. The average Bonchev–Trinajstić information content (AvgIpc) is 3.13. The van der Waals surface area contributed by atoms with E-state index in [0.29, 0.717) is 5.75 Å². The van der Waals surface area contributed by atoms with Crippen molar-refractivity contribution in [1.29, 1.82) is 0 Å². The fraction of sp³-hybridized carbons (Fsp3) is 0.455. The highest BCUT2D eigenvalue weighted by Crippen LogP contribution is 2.31. The first-order valence-corrected chi connectivity index (χ1v) is 9.85. The summed E-state index contributed by atoms with van der Waals surface area (Å²) in [7, 11) is 0. The van der Waals surface area contributed by atoms with Crippen LogP contribution in [-0.2, 0) is 11.2 Å². The molecule has 2 aromatic rings. The van der Waals surface area contributed by atoms with Gasteiger partial charge in [0.1, 0.15) is 24.1 Å². The molecule has 1 aromatic carbocycles. The third-order valence-corrected chi connectivity index (χ3v) is 5.29. The molecule has 0 saturated carbocycles. The van der Waals surface area contributed by atoms with Crippen LogP contribution in [0, 0.1) is 0 Å². The van der Waals surface area contributed by atoms with Gasteiger partial charge in [-0.15, -0.1) is 13.2 Å². The molecule has 1 aliphatic rings. The molecule has 0 amide bonds. The molecule has 4 N–H and O–H groups in total. The van der Waals surface area contributed by atoms with Crippen LogP contribution in [0.4, 0.5) is 0 Å². The van der Waals surface area contributed by atoms with Crippen molar-refractivity contribution >= 4 is 10.9 Å². The van der Waals surface area contributed by atoms with E-state index in [0.717, 1.165) is 42.5 Å². The van der Waals surface area contributed by atoms with Gasteiger partial charge in [0.2, 0.25) is 6.29 Å². The smallest absolute Gasteiger partial charge is 0.229 e. The van der Waals surface area contributed by atoms with E-state index in [-0.39, 0.29) is 0 Å². The lowest BCUT2D eigenvalue weighted by Gasteiger charge is -2.38. The van der Waals surface area contributed by atoms with Crippen LogP contribution in [0.2, 0.25) is 0 Å². The first-order chi connectivity index (χ1) is 14.0. The maximum Gasteiger partial charge on any atom is 0.229 e. The van der Waals surface area contributed by atoms with Gasteiger partial charge in [-0.2, -0.15) is 0 Å². The highest BCUT2D eigenvalue weighted by atomic mass is 16.7. The van der Waals surface area contributed by atoms with E-state index < -0.39 is 30.7 Å². The summed E-state index contributed by atoms with van der Waals surface area (Å²) in [5, 5.41) is 31.1. The molecule has 5 atom stereocenters. The summed E-state index contributed by atoms with van der Waals surface area (Å²) in [5.74, 6) is 0.516. The van der Waals surface area contributed by atoms with Crippen molar-refractivity contribution in [2.75, 3.05) is 19.6 Å². The Bertz CT molecular complexity index is 826. The Hall–Kier alpha value is -2.16. The summed E-state index contributed by atoms with van der Waals surface area (Å²) in [6, 6.07) is 5.67. The molecular weight excluding hydrogens is 372 g/mol. The molecular formula is C22H30N2O5. The molecule has 2 heterocycles. The van der Waals surface area contributed by atoms with Crippen molar-refractivity contribution in [2.45, 2.75) is 44.1 Å². The molecule has 3 rings (SSSR count). The van der Waals surface area contributed by atoms with E-state index in [1.165, 1.54) is 0 Å². The van der Waals surface area contributed by atoms with Crippen molar-refractivity contribution in [3.63, 3.8) is 0 Å². The number of rotatable bonds is 9. The quantitative estimate of drug-likeness (QED) is 0.476. The minimum atomic E-state index is -1.35. The van der Waals surface area contributed by atoms with Gasteiger partial charge in [0.25, 0.3) is 0 Å². The van der Waals surface area contributed by atoms with Gasteiger partial charge in [0, 0.05) is 31.2 Å². The molecule has 1 fully saturated rings. The minimum absolute atomic E-state index is 0.516. The molecule has 5 unspecified atom stereocenters. The van der Waals surface area contributed by atoms with Crippen molar-refractivity contribution < 1.29 is 24.8 Å². The number of aromatic nitrogens is 1. The second kappa shape index (κ2) is 9.56. The predicted octanol–water partition coefficient (Wildman–Crippen LogP) is 1.59. The molecule has 1 aromatic heterocycles. The molecule has 0 bridgehead atoms. The number of fused-ring (bicyclic) bond motifs is 1. The Labute approximate surface area is 170 Å². The average molecular weight is 402 g/mol. The number of hydrogen-bond donors (Lipinski definition) is 4. The largest absolute Gasteiger partial charge is 0.460 e. The Morgan fingerprint density at radius 3 is 2.55 bits per heavy atom. The molecule has 29 heavy (non-hydrogen) atoms. The molecule has 1 saturated heterocycles. The number of aromatic amines is 1. The van der Waals surface area contributed by atoms with Gasteiger partial charge in [-0.1, -0.05) is 24.3 Å². The molecule has 0 spiro atoms. The number of nitrogens with zero attached hydrogens (tertiary/aromatic N) is 1. The minimum Gasteiger partial charge on any atom is -0.460 e. The Morgan fingerprint density at radius 2 is 1.86 bits per heavy atom. The third-order valence-electron chi connectivity index (χ3n) is 5.29. The first kappa shape index (κ1) is 21.5. The first-order valence-electron chi connectivity index (χ1n) is 9.85. The Balaban J connectivity index is 1.76. The van der Waals surface area contributed by atoms with Gasteiger partial charge >= 0.3 is 0 Å². The van der Waals surface area contributed by atoms with E-state index in [1.54, 1.807) is 13.0 Å². The molecule has 7 heteroatoms. The lowest BCUT2D eigenvalue weighted by atomic mass is 10.00. The number of benzene rings is 1. The highest BCUT2D eigenvalue weighted by molar-refractivity contribution is 5.88. The van der Waals surface area contributed by atoms with Crippen LogP contribution in [0.25, 0.3) is 10.9 Å². The van der Waals surface area contributed by atoms with Crippen LogP contribution in [-0.4, -0.2) is 75.5 Å². The SMILES string of the molecule is C=CCN(CC=C)CCc1c[nH]c2c(OC3OC(C)C(O)C(O)C3O)cccc12. The molecule has 0 aliphatic carbocycles. The summed E-state index contributed by atoms with van der Waals surface area (Å²) in [5.41, 5.74) is 1.95. The van der Waals surface area contributed by atoms with Gasteiger partial charge in [0.05, 0.1) is 11.6 Å². The topological polar surface area (TPSA) is 98.2 Å². The van der Waals surface area contributed by atoms with Crippen LogP contribution in [0.5, 0.6) is 5.75 Å². The zero-order valence-corrected chi connectivity index (χ0v) is 16.7. The van der Waals surface area contributed by atoms with Crippen LogP contribution >= 0.6 is 0 Å². The lowest BCUT2D eigenvalue weighted by Crippen LogP contribution is -2.58. The summed E-state index contributed by atoms with van der Waals surface area (Å²) >= 11 is 0. The van der Waals surface area contributed by atoms with Crippen molar-refractivity contribution in [3.8, 4) is 5.75 Å². The highest BCUT2D eigenvalue weighted by Gasteiger charge is 2.43. The zero-order chi connectivity index (χ0) is 21.0. The fourth-order valence-corrected chi connectivity index (χ4v) is 3.63. The number of aliphatic hydroxyl groups is 3. The van der Waals surface area contributed by atoms with Crippen molar-refractivity contribution in [1.82, 2.24) is 9.88 Å². The van der Waals surface area contributed by atoms with Gasteiger partial charge in [-0.05, 0) is 25.0 Å². The number of hydrogen-bond acceptors (Lipinski definition) is 6. The van der Waals surface area contributed by atoms with E-state index in [9.17, 15) is 15.3 Å². The molecule has 0 radical (unpaired) electrons. The van der Waals surface area contributed by atoms with E-state index in [1.807, 2.05) is 30.5 Å². The molecule has 7 nitrogen and oxygen atoms in total. The number of ether oxygens (including phenoxy) is 2. The van der Waals surface area contributed by atoms with E-state index in [2.05, 4.69) is 23.0 Å². The molecule has 1 aliphatic heterocycles. The third kappa shape index (κ3) is 4.71. The maximum atomic E-state index is 10.2. The lowest BCUT2D eigenvalue weighted by molar-refractivity contribution is -0.267. The summed E-state index contributed by atoms with van der Waals surface area (Å²) in [6.45, 7) is 11.7. The summed E-state index contributed by atoms with van der Waals surface area (Å²) in [4.78, 5) is 5.50. The second-order valence-electron chi connectivity index (χ2n) is 7.38. The van der Waals surface area contributed by atoms with Crippen LogP contribution in [0.3, 0.4) is 0 Å². The van der Waals surface area contributed by atoms with Crippen LogP contribution in [0.1, 0.15) is 12.5 Å². The number of H-pyrrole nitrogens is 1. The maximum absolute atomic E-state index is 10.2. The number of nitrogens with one attached hydrogen (secondary N) is 1. The zero-order valence-electron chi connectivity index (χ0n) is 16.7. The van der Waals surface area contributed by atoms with Gasteiger partial charge in [-0.3, -0.25) is 4.90 Å². The van der Waals surface area contributed by atoms with E-state index in [4.69, 9.17) is 9.47 Å². The normalized spacial score (nSPS) is 27.3. The Kier molecular flexibility index (Phi) is 7.10. The van der Waals surface area contributed by atoms with Crippen LogP contribution < -0.4 is 4.74 Å². The standard InChI is InChI=1S/C22H30N2O5/c1-4-10-24(11-5-2)12-9-15-13-23-18-16(15)7-6-8-17(18)29-22-21(27)20(26)19(25)14(3)28-22/h4-8,13-14,19-23,25-27H,1-2,9-12H2,3H3. The summed E-state index contributed by atoms with van der Waals surface area (Å²) < 4.78 is 11.4. The van der Waals surface area contributed by atoms with Crippen LogP contribution in [0.15, 0.2) is 49.7 Å². The fourth-order valence-electron chi connectivity index (χ4n) is 3.63. The number of para-hydroxylation sites is 1. The second-order valence-corrected chi connectivity index (χ2v) is 7.38. The summed E-state index contributed by atoms with van der Waals surface area (Å²) in [6.07, 6.45) is 0.992. The van der Waals surface area contributed by atoms with Gasteiger partial charge in [0.15, 0.2) is 0 Å². The predicted molar refractivity (Wildman–Crippen MR) is 112 cm³/mol. The monoisotopic (exact) mass is 402 g/mol. The van der Waals surface area contributed by atoms with E-state index >= 15 is 0 Å². The molecule has 158 valence electrons. The van der Waals surface area contributed by atoms with Crippen molar-refractivity contribution in [3.05, 3.63) is 55.3 Å². The van der Waals surface area contributed by atoms with Gasteiger partial charge < -0.3 is 29.8 Å². The van der Waals surface area contributed by atoms with Gasteiger partial charge in [-0.25, -0.2) is 0 Å². The van der Waals surface area contributed by atoms with Crippen molar-refractivity contribution in [2.24, 2.45) is 0 Å². The number of aliphatic hydroxyl groups excluding tert-OH is 3.